The van der Waals surface area contributed by atoms with Gasteiger partial charge in [-0.05, 0) is 24.3 Å². The van der Waals surface area contributed by atoms with E-state index < -0.39 is 17.7 Å². The Bertz CT molecular complexity index is 622. The lowest BCUT2D eigenvalue weighted by atomic mass is 10.1. The minimum absolute atomic E-state index is 0.0363. The third-order valence-electron chi connectivity index (χ3n) is 2.49. The Kier molecular flexibility index (Phi) is 3.33. The predicted molar refractivity (Wildman–Crippen MR) is 60.0 cm³/mol. The van der Waals surface area contributed by atoms with Crippen molar-refractivity contribution in [3.05, 3.63) is 53.5 Å². The second-order valence-electron chi connectivity index (χ2n) is 3.77. The van der Waals surface area contributed by atoms with Gasteiger partial charge in [0.1, 0.15) is 0 Å². The monoisotopic (exact) mass is 269 g/mol. The normalized spacial score (nSPS) is 11.4. The molecule has 1 aromatic carbocycles. The van der Waals surface area contributed by atoms with Crippen LogP contribution in [0.3, 0.4) is 0 Å². The molecule has 98 valence electrons. The van der Waals surface area contributed by atoms with E-state index in [1.54, 1.807) is 0 Å². The zero-order valence-electron chi connectivity index (χ0n) is 9.41. The number of hydrogen-bond acceptors (Lipinski definition) is 2. The number of halogens is 4. The van der Waals surface area contributed by atoms with Crippen LogP contribution in [0.15, 0.2) is 36.4 Å². The molecule has 0 atom stereocenters. The van der Waals surface area contributed by atoms with Crippen molar-refractivity contribution in [1.82, 2.24) is 4.98 Å². The molecule has 0 aliphatic carbocycles. The van der Waals surface area contributed by atoms with Gasteiger partial charge in [0.05, 0.1) is 16.8 Å². The minimum atomic E-state index is -4.47. The van der Waals surface area contributed by atoms with Crippen molar-refractivity contribution in [2.24, 2.45) is 0 Å². The van der Waals surface area contributed by atoms with E-state index >= 15 is 0 Å². The smallest absolute Gasteiger partial charge is 0.298 e. The third-order valence-corrected chi connectivity index (χ3v) is 2.49. The summed E-state index contributed by atoms with van der Waals surface area (Å²) in [6.45, 7) is 0. The molecule has 0 bridgehead atoms. The highest BCUT2D eigenvalue weighted by molar-refractivity contribution is 5.75. The second kappa shape index (κ2) is 4.79. The predicted octanol–water partition coefficient (Wildman–Crippen LogP) is 3.72. The van der Waals surface area contributed by atoms with Crippen LogP contribution in [0.5, 0.6) is 0 Å². The summed E-state index contributed by atoms with van der Waals surface area (Å²) >= 11 is 0. The van der Waals surface area contributed by atoms with E-state index in [4.69, 9.17) is 0 Å². The van der Waals surface area contributed by atoms with Crippen molar-refractivity contribution in [3.8, 4) is 11.3 Å². The van der Waals surface area contributed by atoms with Crippen molar-refractivity contribution in [1.29, 1.82) is 0 Å². The quantitative estimate of drug-likeness (QED) is 0.472. The van der Waals surface area contributed by atoms with E-state index in [-0.39, 0.29) is 23.1 Å². The Balaban J connectivity index is 2.48. The van der Waals surface area contributed by atoms with Crippen LogP contribution >= 0.6 is 0 Å². The molecule has 0 amide bonds. The number of carbonyl (C=O) groups is 1. The first-order chi connectivity index (χ1) is 8.91. The van der Waals surface area contributed by atoms with Crippen molar-refractivity contribution in [2.45, 2.75) is 6.18 Å². The van der Waals surface area contributed by atoms with Gasteiger partial charge >= 0.3 is 6.18 Å². The second-order valence-corrected chi connectivity index (χ2v) is 3.77. The lowest BCUT2D eigenvalue weighted by Crippen LogP contribution is -2.04. The first-order valence-corrected chi connectivity index (χ1v) is 5.21. The minimum Gasteiger partial charge on any atom is -0.298 e. The summed E-state index contributed by atoms with van der Waals surface area (Å²) in [5.74, 6) is -1.01. The van der Waals surface area contributed by atoms with Gasteiger partial charge in [-0.2, -0.15) is 17.6 Å². The number of hydrogen-bond donors (Lipinski definition) is 0. The number of benzene rings is 1. The summed E-state index contributed by atoms with van der Waals surface area (Å²) in [5.41, 5.74) is -0.914. The van der Waals surface area contributed by atoms with E-state index in [0.717, 1.165) is 12.1 Å². The number of aldehydes is 1. The van der Waals surface area contributed by atoms with E-state index in [0.29, 0.717) is 0 Å². The van der Waals surface area contributed by atoms with Crippen molar-refractivity contribution in [2.75, 3.05) is 0 Å². The molecule has 0 saturated carbocycles. The van der Waals surface area contributed by atoms with Gasteiger partial charge in [-0.25, -0.2) is 4.98 Å². The van der Waals surface area contributed by atoms with E-state index in [9.17, 15) is 22.4 Å². The van der Waals surface area contributed by atoms with Gasteiger partial charge in [-0.1, -0.05) is 12.1 Å². The van der Waals surface area contributed by atoms with Gasteiger partial charge < -0.3 is 0 Å². The highest BCUT2D eigenvalue weighted by atomic mass is 19.4. The van der Waals surface area contributed by atoms with Crippen LogP contribution < -0.4 is 0 Å². The largest absolute Gasteiger partial charge is 0.416 e. The standard InChI is InChI=1S/C13H7F4NO/c14-12-9(7-19)4-5-11(18-12)8-2-1-3-10(6-8)13(15,16)17/h1-7H. The maximum Gasteiger partial charge on any atom is 0.416 e. The van der Waals surface area contributed by atoms with Gasteiger partial charge in [0.25, 0.3) is 0 Å². The first-order valence-electron chi connectivity index (χ1n) is 5.21. The number of alkyl halides is 3. The average molecular weight is 269 g/mol. The Morgan fingerprint density at radius 3 is 2.42 bits per heavy atom. The molecule has 1 aromatic heterocycles. The van der Waals surface area contributed by atoms with Crippen molar-refractivity contribution >= 4 is 6.29 Å². The van der Waals surface area contributed by atoms with Gasteiger partial charge in [0.2, 0.25) is 5.95 Å². The molecule has 0 unspecified atom stereocenters. The topological polar surface area (TPSA) is 30.0 Å². The lowest BCUT2D eigenvalue weighted by Gasteiger charge is -2.08. The molecule has 1 heterocycles. The molecule has 0 spiro atoms. The number of rotatable bonds is 2. The molecule has 0 aliphatic rings. The van der Waals surface area contributed by atoms with Gasteiger partial charge in [-0.3, -0.25) is 4.79 Å². The SMILES string of the molecule is O=Cc1ccc(-c2cccc(C(F)(F)F)c2)nc1F. The van der Waals surface area contributed by atoms with Crippen molar-refractivity contribution in [3.63, 3.8) is 0 Å². The fourth-order valence-electron chi connectivity index (χ4n) is 1.55. The molecule has 0 N–H and O–H groups in total. The van der Waals surface area contributed by atoms with Crippen LogP contribution in [0, 0.1) is 5.95 Å². The maximum absolute atomic E-state index is 13.3. The molecule has 0 saturated heterocycles. The van der Waals surface area contributed by atoms with Crippen LogP contribution in [-0.2, 0) is 6.18 Å². The van der Waals surface area contributed by atoms with Crippen molar-refractivity contribution < 1.29 is 22.4 Å². The fraction of sp³-hybridized carbons (Fsp3) is 0.0769. The molecule has 2 rings (SSSR count). The van der Waals surface area contributed by atoms with Crippen LogP contribution in [-0.4, -0.2) is 11.3 Å². The summed E-state index contributed by atoms with van der Waals surface area (Å²) in [7, 11) is 0. The zero-order valence-corrected chi connectivity index (χ0v) is 9.41. The Morgan fingerprint density at radius 1 is 1.11 bits per heavy atom. The number of aromatic nitrogens is 1. The lowest BCUT2D eigenvalue weighted by molar-refractivity contribution is -0.137. The average Bonchev–Trinajstić information content (AvgIpc) is 2.38. The zero-order chi connectivity index (χ0) is 14.0. The molecule has 0 aliphatic heterocycles. The molecule has 2 aromatic rings. The summed E-state index contributed by atoms with van der Waals surface area (Å²) in [4.78, 5) is 13.9. The first kappa shape index (κ1) is 13.2. The van der Waals surface area contributed by atoms with E-state index in [1.165, 1.54) is 24.3 Å². The summed E-state index contributed by atoms with van der Waals surface area (Å²) in [6, 6.07) is 6.86. The fourth-order valence-corrected chi connectivity index (χ4v) is 1.55. The van der Waals surface area contributed by atoms with Crippen LogP contribution in [0.25, 0.3) is 11.3 Å². The molecule has 6 heteroatoms. The van der Waals surface area contributed by atoms with Crippen LogP contribution in [0.2, 0.25) is 0 Å². The Labute approximate surface area is 105 Å². The summed E-state index contributed by atoms with van der Waals surface area (Å²) in [6.07, 6.45) is -4.18. The Morgan fingerprint density at radius 2 is 1.84 bits per heavy atom. The molecule has 2 nitrogen and oxygen atoms in total. The highest BCUT2D eigenvalue weighted by Gasteiger charge is 2.30. The molecule has 19 heavy (non-hydrogen) atoms. The summed E-state index contributed by atoms with van der Waals surface area (Å²) < 4.78 is 50.9. The van der Waals surface area contributed by atoms with Gasteiger partial charge in [-0.15, -0.1) is 0 Å². The van der Waals surface area contributed by atoms with Gasteiger partial charge in [0.15, 0.2) is 6.29 Å². The van der Waals surface area contributed by atoms with Crippen LogP contribution in [0.4, 0.5) is 17.6 Å². The number of pyridine rings is 1. The Hall–Kier alpha value is -2.24. The van der Waals surface area contributed by atoms with Crippen LogP contribution in [0.1, 0.15) is 15.9 Å². The molecular weight excluding hydrogens is 262 g/mol. The van der Waals surface area contributed by atoms with Gasteiger partial charge in [0, 0.05) is 5.56 Å². The van der Waals surface area contributed by atoms with E-state index in [2.05, 4.69) is 4.98 Å². The molecule has 0 radical (unpaired) electrons. The third kappa shape index (κ3) is 2.78. The number of nitrogens with zero attached hydrogens (tertiary/aromatic N) is 1. The molecular formula is C13H7F4NO. The maximum atomic E-state index is 13.3. The van der Waals surface area contributed by atoms with E-state index in [1.807, 2.05) is 0 Å². The number of carbonyl (C=O) groups excluding carboxylic acids is 1. The highest BCUT2D eigenvalue weighted by Crippen LogP contribution is 2.31. The molecule has 0 fully saturated rings. The summed E-state index contributed by atoms with van der Waals surface area (Å²) in [5, 5.41) is 0.